The monoisotopic (exact) mass is 667 g/mol. The third-order valence-corrected chi connectivity index (χ3v) is 11.6. The van der Waals surface area contributed by atoms with Crippen LogP contribution in [0, 0.1) is 0 Å². The number of aromatic amines is 1. The highest BCUT2D eigenvalue weighted by Crippen LogP contribution is 2.42. The number of nitrogens with one attached hydrogen (secondary N) is 1. The zero-order chi connectivity index (χ0) is 33.5. The molecule has 11 aromatic rings. The Morgan fingerprint density at radius 3 is 1.80 bits per heavy atom. The van der Waals surface area contributed by atoms with E-state index >= 15 is 0 Å². The summed E-state index contributed by atoms with van der Waals surface area (Å²) in [6.07, 6.45) is 0. The Balaban J connectivity index is 0.986. The lowest BCUT2D eigenvalue weighted by molar-refractivity contribution is 0.669. The van der Waals surface area contributed by atoms with Crippen molar-refractivity contribution in [3.8, 4) is 44.5 Å². The van der Waals surface area contributed by atoms with Crippen molar-refractivity contribution in [3.63, 3.8) is 0 Å². The third kappa shape index (κ3) is 4.49. The fourth-order valence-electron chi connectivity index (χ4n) is 7.96. The van der Waals surface area contributed by atoms with Gasteiger partial charge < -0.3 is 9.40 Å². The van der Waals surface area contributed by atoms with Gasteiger partial charge in [0.1, 0.15) is 11.2 Å². The lowest BCUT2D eigenvalue weighted by Crippen LogP contribution is -1.85. The van der Waals surface area contributed by atoms with E-state index < -0.39 is 0 Å². The van der Waals surface area contributed by atoms with E-state index in [1.54, 1.807) is 0 Å². The number of H-pyrrole nitrogens is 1. The molecule has 2 nitrogen and oxygen atoms in total. The van der Waals surface area contributed by atoms with E-state index in [0.29, 0.717) is 0 Å². The van der Waals surface area contributed by atoms with Crippen LogP contribution >= 0.6 is 11.3 Å². The molecule has 0 spiro atoms. The van der Waals surface area contributed by atoms with Crippen LogP contribution in [0.3, 0.4) is 0 Å². The fraction of sp³-hybridized carbons (Fsp3) is 0. The lowest BCUT2D eigenvalue weighted by Gasteiger charge is -2.10. The minimum atomic E-state index is 0.917. The number of hydrogen-bond acceptors (Lipinski definition) is 2. The Morgan fingerprint density at radius 2 is 0.961 bits per heavy atom. The summed E-state index contributed by atoms with van der Waals surface area (Å²) >= 11 is 1.88. The largest absolute Gasteiger partial charge is 0.456 e. The van der Waals surface area contributed by atoms with Gasteiger partial charge in [-0.3, -0.25) is 0 Å². The second-order valence-electron chi connectivity index (χ2n) is 13.4. The molecule has 0 fully saturated rings. The van der Waals surface area contributed by atoms with Crippen molar-refractivity contribution in [1.82, 2.24) is 4.98 Å². The van der Waals surface area contributed by atoms with E-state index in [0.717, 1.165) is 33.0 Å². The van der Waals surface area contributed by atoms with E-state index in [9.17, 15) is 0 Å². The maximum absolute atomic E-state index is 6.10. The van der Waals surface area contributed by atoms with E-state index in [1.807, 2.05) is 23.5 Å². The standard InChI is InChI=1S/C48H29NOS/c1-3-19-44-37(13-1)42-28-32(22-24-45(42)50-44)31-21-23-43-41(27-31)39-17-7-15-35(47(39)49-43)33-11-5-9-29(25-33)30-10-6-12-34(26-30)36-16-8-18-40-38-14-2-4-20-46(38)51-48(36)40/h1-28,49H. The molecule has 0 unspecified atom stereocenters. The SMILES string of the molecule is c1cc(-c2cccc(-c3cccc4c3sc3ccccc34)c2)cc(-c2cccc3c2[nH]c2ccc(-c4ccc5oc6ccccc6c5c4)cc23)c1. The molecule has 11 rings (SSSR count). The summed E-state index contributed by atoms with van der Waals surface area (Å²) in [5, 5.41) is 7.40. The molecule has 51 heavy (non-hydrogen) atoms. The van der Waals surface area contributed by atoms with Gasteiger partial charge in [-0.1, -0.05) is 121 Å². The second kappa shape index (κ2) is 11.0. The molecule has 0 atom stereocenters. The Morgan fingerprint density at radius 1 is 0.373 bits per heavy atom. The zero-order valence-electron chi connectivity index (χ0n) is 27.5. The minimum absolute atomic E-state index is 0.917. The first kappa shape index (κ1) is 28.4. The molecule has 0 aliphatic heterocycles. The van der Waals surface area contributed by atoms with Crippen LogP contribution in [0.15, 0.2) is 174 Å². The van der Waals surface area contributed by atoms with Crippen molar-refractivity contribution in [2.24, 2.45) is 0 Å². The first-order valence-corrected chi connectivity index (χ1v) is 18.1. The van der Waals surface area contributed by atoms with Gasteiger partial charge in [0.15, 0.2) is 0 Å². The van der Waals surface area contributed by atoms with Crippen LogP contribution in [-0.4, -0.2) is 4.98 Å². The number of hydrogen-bond donors (Lipinski definition) is 1. The highest BCUT2D eigenvalue weighted by Gasteiger charge is 2.15. The van der Waals surface area contributed by atoms with Crippen LogP contribution in [0.2, 0.25) is 0 Å². The van der Waals surface area contributed by atoms with Gasteiger partial charge in [-0.25, -0.2) is 0 Å². The predicted octanol–water partition coefficient (Wildman–Crippen LogP) is 14.3. The Bertz CT molecular complexity index is 3160. The van der Waals surface area contributed by atoms with Crippen molar-refractivity contribution < 1.29 is 4.42 Å². The van der Waals surface area contributed by atoms with Gasteiger partial charge in [0.2, 0.25) is 0 Å². The molecule has 0 aliphatic rings. The minimum Gasteiger partial charge on any atom is -0.456 e. The average molecular weight is 668 g/mol. The highest BCUT2D eigenvalue weighted by molar-refractivity contribution is 7.26. The first-order valence-electron chi connectivity index (χ1n) is 17.3. The summed E-state index contributed by atoms with van der Waals surface area (Å²) in [4.78, 5) is 3.78. The number of fused-ring (bicyclic) bond motifs is 9. The molecular weight excluding hydrogens is 639 g/mol. The maximum Gasteiger partial charge on any atom is 0.135 e. The molecule has 0 radical (unpaired) electrons. The van der Waals surface area contributed by atoms with Crippen LogP contribution in [-0.2, 0) is 0 Å². The van der Waals surface area contributed by atoms with E-state index in [4.69, 9.17) is 4.42 Å². The molecule has 8 aromatic carbocycles. The van der Waals surface area contributed by atoms with Gasteiger partial charge in [-0.15, -0.1) is 11.3 Å². The van der Waals surface area contributed by atoms with Crippen LogP contribution in [0.4, 0.5) is 0 Å². The summed E-state index contributed by atoms with van der Waals surface area (Å²) in [5.41, 5.74) is 13.8. The topological polar surface area (TPSA) is 28.9 Å². The number of para-hydroxylation sites is 2. The average Bonchev–Trinajstić information content (AvgIpc) is 3.88. The number of furan rings is 1. The van der Waals surface area contributed by atoms with Crippen molar-refractivity contribution >= 4 is 75.3 Å². The van der Waals surface area contributed by atoms with Crippen LogP contribution in [0.1, 0.15) is 0 Å². The van der Waals surface area contributed by atoms with Crippen LogP contribution in [0.25, 0.3) is 108 Å². The van der Waals surface area contributed by atoms with E-state index in [-0.39, 0.29) is 0 Å². The molecule has 3 heteroatoms. The predicted molar refractivity (Wildman–Crippen MR) is 218 cm³/mol. The fourth-order valence-corrected chi connectivity index (χ4v) is 9.19. The quantitative estimate of drug-likeness (QED) is 0.199. The molecule has 1 N–H and O–H groups in total. The molecule has 3 heterocycles. The Hall–Kier alpha value is -6.42. The summed E-state index contributed by atoms with van der Waals surface area (Å²) < 4.78 is 8.77. The zero-order valence-corrected chi connectivity index (χ0v) is 28.3. The summed E-state index contributed by atoms with van der Waals surface area (Å²) in [7, 11) is 0. The Labute approximate surface area is 297 Å². The van der Waals surface area contributed by atoms with Crippen LogP contribution in [0.5, 0.6) is 0 Å². The lowest BCUT2D eigenvalue weighted by atomic mass is 9.95. The molecule has 3 aromatic heterocycles. The van der Waals surface area contributed by atoms with Crippen LogP contribution < -0.4 is 0 Å². The maximum atomic E-state index is 6.10. The van der Waals surface area contributed by atoms with Gasteiger partial charge in [0, 0.05) is 52.8 Å². The summed E-state index contributed by atoms with van der Waals surface area (Å²) in [6, 6.07) is 61.5. The van der Waals surface area contributed by atoms with Gasteiger partial charge in [-0.05, 0) is 87.5 Å². The van der Waals surface area contributed by atoms with E-state index in [2.05, 4.69) is 163 Å². The van der Waals surface area contributed by atoms with Crippen molar-refractivity contribution in [2.45, 2.75) is 0 Å². The molecule has 0 aliphatic carbocycles. The number of benzene rings is 8. The van der Waals surface area contributed by atoms with E-state index in [1.165, 1.54) is 75.5 Å². The summed E-state index contributed by atoms with van der Waals surface area (Å²) in [6.45, 7) is 0. The van der Waals surface area contributed by atoms with Crippen molar-refractivity contribution in [1.29, 1.82) is 0 Å². The number of aromatic nitrogens is 1. The summed E-state index contributed by atoms with van der Waals surface area (Å²) in [5.74, 6) is 0. The van der Waals surface area contributed by atoms with Gasteiger partial charge in [0.05, 0.1) is 5.52 Å². The number of thiophene rings is 1. The molecule has 0 saturated carbocycles. The Kier molecular flexibility index (Phi) is 6.16. The molecule has 0 bridgehead atoms. The molecule has 0 saturated heterocycles. The second-order valence-corrected chi connectivity index (χ2v) is 14.4. The first-order chi connectivity index (χ1) is 25.2. The van der Waals surface area contributed by atoms with Crippen molar-refractivity contribution in [2.75, 3.05) is 0 Å². The molecule has 0 amide bonds. The van der Waals surface area contributed by atoms with Gasteiger partial charge >= 0.3 is 0 Å². The van der Waals surface area contributed by atoms with Gasteiger partial charge in [-0.2, -0.15) is 0 Å². The smallest absolute Gasteiger partial charge is 0.135 e. The normalized spacial score (nSPS) is 11.9. The van der Waals surface area contributed by atoms with Crippen molar-refractivity contribution in [3.05, 3.63) is 170 Å². The molecule has 238 valence electrons. The molecular formula is C48H29NOS. The third-order valence-electron chi connectivity index (χ3n) is 10.4. The highest BCUT2D eigenvalue weighted by atomic mass is 32.1. The van der Waals surface area contributed by atoms with Gasteiger partial charge in [0.25, 0.3) is 0 Å². The number of rotatable bonds is 4.